The zero-order chi connectivity index (χ0) is 15.4. The second kappa shape index (κ2) is 7.45. The number of anilines is 1. The molecule has 112 valence electrons. The molecule has 4 nitrogen and oxygen atoms in total. The SMILES string of the molecule is CC(Oc1ccc(Cl)cc1Br)C(=O)Nc1nc(CCl)cs1. The van der Waals surface area contributed by atoms with Gasteiger partial charge in [0.25, 0.3) is 5.91 Å². The number of carbonyl (C=O) groups excluding carboxylic acids is 1. The summed E-state index contributed by atoms with van der Waals surface area (Å²) in [5.41, 5.74) is 0.728. The minimum Gasteiger partial charge on any atom is -0.480 e. The number of amides is 1. The first-order valence-corrected chi connectivity index (χ1v) is 8.51. The van der Waals surface area contributed by atoms with Gasteiger partial charge in [0.15, 0.2) is 11.2 Å². The Morgan fingerprint density at radius 2 is 2.33 bits per heavy atom. The number of aromatic nitrogens is 1. The highest BCUT2D eigenvalue weighted by Gasteiger charge is 2.17. The molecule has 1 N–H and O–H groups in total. The van der Waals surface area contributed by atoms with Crippen LogP contribution >= 0.6 is 50.5 Å². The average Bonchev–Trinajstić information content (AvgIpc) is 2.89. The van der Waals surface area contributed by atoms with Gasteiger partial charge in [-0.15, -0.1) is 22.9 Å². The van der Waals surface area contributed by atoms with E-state index in [0.29, 0.717) is 26.3 Å². The molecule has 21 heavy (non-hydrogen) atoms. The smallest absolute Gasteiger partial charge is 0.266 e. The molecule has 0 saturated heterocycles. The highest BCUT2D eigenvalue weighted by atomic mass is 79.9. The lowest BCUT2D eigenvalue weighted by molar-refractivity contribution is -0.122. The van der Waals surface area contributed by atoms with Gasteiger partial charge in [-0.1, -0.05) is 11.6 Å². The van der Waals surface area contributed by atoms with Gasteiger partial charge in [-0.3, -0.25) is 10.1 Å². The molecule has 1 aromatic heterocycles. The van der Waals surface area contributed by atoms with Gasteiger partial charge in [0.2, 0.25) is 0 Å². The first-order chi connectivity index (χ1) is 9.99. The number of ether oxygens (including phenoxy) is 1. The zero-order valence-electron chi connectivity index (χ0n) is 10.9. The fraction of sp³-hybridized carbons (Fsp3) is 0.231. The fourth-order valence-electron chi connectivity index (χ4n) is 1.45. The van der Waals surface area contributed by atoms with Crippen LogP contribution in [-0.4, -0.2) is 17.0 Å². The maximum absolute atomic E-state index is 12.0. The van der Waals surface area contributed by atoms with E-state index in [1.165, 1.54) is 11.3 Å². The van der Waals surface area contributed by atoms with Crippen LogP contribution in [0.2, 0.25) is 5.02 Å². The molecule has 0 spiro atoms. The van der Waals surface area contributed by atoms with Crippen molar-refractivity contribution in [3.63, 3.8) is 0 Å². The third kappa shape index (κ3) is 4.57. The molecule has 8 heteroatoms. The van der Waals surface area contributed by atoms with E-state index in [4.69, 9.17) is 27.9 Å². The third-order valence-electron chi connectivity index (χ3n) is 2.49. The Labute approximate surface area is 144 Å². The van der Waals surface area contributed by atoms with E-state index in [1.807, 2.05) is 0 Å². The maximum Gasteiger partial charge on any atom is 0.266 e. The van der Waals surface area contributed by atoms with E-state index in [1.54, 1.807) is 30.5 Å². The van der Waals surface area contributed by atoms with Gasteiger partial charge in [-0.25, -0.2) is 4.98 Å². The average molecular weight is 410 g/mol. The number of alkyl halides is 1. The van der Waals surface area contributed by atoms with E-state index in [2.05, 4.69) is 26.2 Å². The number of rotatable bonds is 5. The number of benzene rings is 1. The quantitative estimate of drug-likeness (QED) is 0.727. The fourth-order valence-corrected chi connectivity index (χ4v) is 3.17. The molecular formula is C13H11BrCl2N2O2S. The van der Waals surface area contributed by atoms with Crippen LogP contribution in [0, 0.1) is 0 Å². The van der Waals surface area contributed by atoms with Crippen molar-refractivity contribution in [1.82, 2.24) is 4.98 Å². The molecule has 0 saturated carbocycles. The van der Waals surface area contributed by atoms with E-state index >= 15 is 0 Å². The van der Waals surface area contributed by atoms with Crippen LogP contribution in [0.4, 0.5) is 5.13 Å². The molecule has 1 atom stereocenters. The van der Waals surface area contributed by atoms with Crippen molar-refractivity contribution in [1.29, 1.82) is 0 Å². The number of thiazole rings is 1. The predicted molar refractivity (Wildman–Crippen MR) is 89.5 cm³/mol. The van der Waals surface area contributed by atoms with E-state index in [-0.39, 0.29) is 5.91 Å². The van der Waals surface area contributed by atoms with Crippen LogP contribution < -0.4 is 10.1 Å². The number of hydrogen-bond acceptors (Lipinski definition) is 4. The topological polar surface area (TPSA) is 51.2 Å². The maximum atomic E-state index is 12.0. The van der Waals surface area contributed by atoms with Crippen LogP contribution in [0.25, 0.3) is 0 Å². The molecule has 0 fully saturated rings. The second-order valence-corrected chi connectivity index (χ2v) is 6.52. The summed E-state index contributed by atoms with van der Waals surface area (Å²) < 4.78 is 6.29. The van der Waals surface area contributed by atoms with Crippen LogP contribution in [0.1, 0.15) is 12.6 Å². The summed E-state index contributed by atoms with van der Waals surface area (Å²) in [5.74, 6) is 0.575. The van der Waals surface area contributed by atoms with Crippen molar-refractivity contribution >= 4 is 61.5 Å². The Kier molecular flexibility index (Phi) is 5.87. The van der Waals surface area contributed by atoms with E-state index in [9.17, 15) is 4.79 Å². The van der Waals surface area contributed by atoms with Crippen molar-refractivity contribution in [2.75, 3.05) is 5.32 Å². The Morgan fingerprint density at radius 1 is 1.57 bits per heavy atom. The van der Waals surface area contributed by atoms with Gasteiger partial charge in [0.05, 0.1) is 16.0 Å². The summed E-state index contributed by atoms with van der Waals surface area (Å²) in [6.07, 6.45) is -0.675. The first kappa shape index (κ1) is 16.5. The number of carbonyl (C=O) groups is 1. The minimum absolute atomic E-state index is 0.285. The van der Waals surface area contributed by atoms with Gasteiger partial charge in [-0.05, 0) is 41.1 Å². The van der Waals surface area contributed by atoms with Gasteiger partial charge in [-0.2, -0.15) is 0 Å². The molecule has 0 aliphatic rings. The molecule has 1 aromatic carbocycles. The van der Waals surface area contributed by atoms with Crippen LogP contribution in [0.15, 0.2) is 28.1 Å². The minimum atomic E-state index is -0.675. The molecule has 1 amide bonds. The van der Waals surface area contributed by atoms with Crippen LogP contribution in [0.5, 0.6) is 5.75 Å². The van der Waals surface area contributed by atoms with Gasteiger partial charge in [0, 0.05) is 10.4 Å². The van der Waals surface area contributed by atoms with Crippen molar-refractivity contribution < 1.29 is 9.53 Å². The van der Waals surface area contributed by atoms with E-state index in [0.717, 1.165) is 5.69 Å². The van der Waals surface area contributed by atoms with Gasteiger partial charge >= 0.3 is 0 Å². The summed E-state index contributed by atoms with van der Waals surface area (Å²) in [7, 11) is 0. The van der Waals surface area contributed by atoms with Crippen LogP contribution in [-0.2, 0) is 10.7 Å². The summed E-state index contributed by atoms with van der Waals surface area (Å²) in [5, 5.41) is 5.57. The Balaban J connectivity index is 1.98. The highest BCUT2D eigenvalue weighted by Crippen LogP contribution is 2.29. The molecule has 1 unspecified atom stereocenters. The van der Waals surface area contributed by atoms with Gasteiger partial charge < -0.3 is 4.74 Å². The second-order valence-electron chi connectivity index (χ2n) is 4.10. The number of nitrogens with one attached hydrogen (secondary N) is 1. The van der Waals surface area contributed by atoms with Crippen molar-refractivity contribution in [3.05, 3.63) is 38.8 Å². The molecule has 1 heterocycles. The summed E-state index contributed by atoms with van der Waals surface area (Å²) in [6.45, 7) is 1.66. The Morgan fingerprint density at radius 3 is 2.95 bits per heavy atom. The molecule has 0 radical (unpaired) electrons. The number of hydrogen-bond donors (Lipinski definition) is 1. The lowest BCUT2D eigenvalue weighted by Crippen LogP contribution is -2.30. The van der Waals surface area contributed by atoms with Crippen molar-refractivity contribution in [3.8, 4) is 5.75 Å². The third-order valence-corrected chi connectivity index (χ3v) is 4.42. The number of nitrogens with zero attached hydrogens (tertiary/aromatic N) is 1. The summed E-state index contributed by atoms with van der Waals surface area (Å²) in [6, 6.07) is 5.10. The molecule has 0 bridgehead atoms. The zero-order valence-corrected chi connectivity index (χ0v) is 14.8. The number of halogens is 3. The molecule has 0 aliphatic carbocycles. The Hall–Kier alpha value is -0.820. The predicted octanol–water partition coefficient (Wildman–Crippen LogP) is 4.70. The highest BCUT2D eigenvalue weighted by molar-refractivity contribution is 9.10. The Bertz CT molecular complexity index is 651. The standard InChI is InChI=1S/C13H11BrCl2N2O2S/c1-7(20-11-3-2-8(16)4-10(11)14)12(19)18-13-17-9(5-15)6-21-13/h2-4,6-7H,5H2,1H3,(H,17,18,19). The van der Waals surface area contributed by atoms with Crippen molar-refractivity contribution in [2.45, 2.75) is 18.9 Å². The van der Waals surface area contributed by atoms with Gasteiger partial charge in [0.1, 0.15) is 5.75 Å². The monoisotopic (exact) mass is 408 g/mol. The molecular weight excluding hydrogens is 399 g/mol. The largest absolute Gasteiger partial charge is 0.480 e. The first-order valence-electron chi connectivity index (χ1n) is 5.92. The summed E-state index contributed by atoms with van der Waals surface area (Å²) in [4.78, 5) is 16.2. The van der Waals surface area contributed by atoms with Crippen LogP contribution in [0.3, 0.4) is 0 Å². The molecule has 0 aliphatic heterocycles. The lowest BCUT2D eigenvalue weighted by Gasteiger charge is -2.15. The molecule has 2 aromatic rings. The van der Waals surface area contributed by atoms with E-state index < -0.39 is 6.10 Å². The normalized spacial score (nSPS) is 12.0. The summed E-state index contributed by atoms with van der Waals surface area (Å²) >= 11 is 16.2. The lowest BCUT2D eigenvalue weighted by atomic mass is 10.3. The molecule has 2 rings (SSSR count). The van der Waals surface area contributed by atoms with Crippen molar-refractivity contribution in [2.24, 2.45) is 0 Å².